The highest BCUT2D eigenvalue weighted by Crippen LogP contribution is 2.22. The summed E-state index contributed by atoms with van der Waals surface area (Å²) in [6.07, 6.45) is 1.57. The Morgan fingerprint density at radius 2 is 1.70 bits per heavy atom. The number of fused-ring (bicyclic) bond motifs is 1. The molecule has 152 valence electrons. The summed E-state index contributed by atoms with van der Waals surface area (Å²) in [7, 11) is -3.52. The van der Waals surface area contributed by atoms with E-state index in [2.05, 4.69) is 10.2 Å². The molecule has 0 aliphatic rings. The summed E-state index contributed by atoms with van der Waals surface area (Å²) in [6.45, 7) is 0.170. The number of benzene rings is 3. The van der Waals surface area contributed by atoms with Crippen LogP contribution in [0, 0.1) is 0 Å². The molecule has 0 amide bonds. The number of hydrogen-bond acceptors (Lipinski definition) is 7. The topological polar surface area (TPSA) is 82.3 Å². The van der Waals surface area contributed by atoms with Crippen LogP contribution in [0.4, 0.5) is 0 Å². The van der Waals surface area contributed by atoms with Crippen molar-refractivity contribution in [2.45, 2.75) is 16.7 Å². The van der Waals surface area contributed by atoms with Crippen molar-refractivity contribution >= 4 is 32.4 Å². The zero-order valence-electron chi connectivity index (χ0n) is 15.8. The van der Waals surface area contributed by atoms with E-state index in [9.17, 15) is 8.42 Å². The van der Waals surface area contributed by atoms with Crippen LogP contribution in [0.2, 0.25) is 0 Å². The van der Waals surface area contributed by atoms with Crippen LogP contribution in [0.5, 0.6) is 5.75 Å². The first-order chi connectivity index (χ1) is 14.6. The normalized spacial score (nSPS) is 11.9. The maximum absolute atomic E-state index is 12.5. The van der Waals surface area contributed by atoms with Crippen molar-refractivity contribution < 1.29 is 17.6 Å². The summed E-state index contributed by atoms with van der Waals surface area (Å²) in [4.78, 5) is 0.264. The van der Waals surface area contributed by atoms with Crippen molar-refractivity contribution in [2.75, 3.05) is 5.75 Å². The Kier molecular flexibility index (Phi) is 6.15. The highest BCUT2D eigenvalue weighted by Gasteiger charge is 2.11. The summed E-state index contributed by atoms with van der Waals surface area (Å²) in [5.74, 6) is 1.45. The van der Waals surface area contributed by atoms with E-state index in [0.29, 0.717) is 22.6 Å². The number of para-hydroxylation sites is 1. The highest BCUT2D eigenvalue weighted by molar-refractivity contribution is 7.99. The summed E-state index contributed by atoms with van der Waals surface area (Å²) < 4.78 is 36.2. The molecule has 1 heterocycles. The van der Waals surface area contributed by atoms with Crippen molar-refractivity contribution in [3.05, 3.63) is 90.2 Å². The van der Waals surface area contributed by atoms with Crippen molar-refractivity contribution in [1.29, 1.82) is 0 Å². The van der Waals surface area contributed by atoms with Gasteiger partial charge in [-0.15, -0.1) is 10.2 Å². The Morgan fingerprint density at radius 1 is 0.933 bits per heavy atom. The van der Waals surface area contributed by atoms with Gasteiger partial charge < -0.3 is 9.15 Å². The molecular formula is C22H18N2O4S2. The van der Waals surface area contributed by atoms with Crippen molar-refractivity contribution in [3.63, 3.8) is 0 Å². The number of hydrogen-bond donors (Lipinski definition) is 0. The third-order valence-corrected chi connectivity index (χ3v) is 6.41. The number of sulfone groups is 1. The van der Waals surface area contributed by atoms with Gasteiger partial charge in [0.2, 0.25) is 0 Å². The maximum atomic E-state index is 12.5. The standard InChI is InChI=1S/C22H18N2O4S2/c25-30(26,20-12-11-17-7-4-5-8-18(17)15-20)14-6-13-29-22-24-23-21(28-22)16-27-19-9-2-1-3-10-19/h1-12,14-15H,13,16H2. The molecular weight excluding hydrogens is 420 g/mol. The molecule has 6 nitrogen and oxygen atoms in total. The lowest BCUT2D eigenvalue weighted by Gasteiger charge is -2.02. The molecule has 0 saturated heterocycles. The van der Waals surface area contributed by atoms with Gasteiger partial charge in [-0.2, -0.15) is 0 Å². The van der Waals surface area contributed by atoms with E-state index >= 15 is 0 Å². The number of nitrogens with zero attached hydrogens (tertiary/aromatic N) is 2. The number of ether oxygens (including phenoxy) is 1. The van der Waals surface area contributed by atoms with Crippen LogP contribution in [0.3, 0.4) is 0 Å². The first kappa shape index (κ1) is 20.2. The van der Waals surface area contributed by atoms with Crippen molar-refractivity contribution in [1.82, 2.24) is 10.2 Å². The monoisotopic (exact) mass is 438 g/mol. The lowest BCUT2D eigenvalue weighted by molar-refractivity contribution is 0.252. The Balaban J connectivity index is 1.32. The van der Waals surface area contributed by atoms with E-state index in [-0.39, 0.29) is 11.5 Å². The fourth-order valence-corrected chi connectivity index (χ4v) is 4.49. The van der Waals surface area contributed by atoms with Gasteiger partial charge in [-0.05, 0) is 35.0 Å². The lowest BCUT2D eigenvalue weighted by Crippen LogP contribution is -1.96. The van der Waals surface area contributed by atoms with Gasteiger partial charge in [0.25, 0.3) is 11.1 Å². The van der Waals surface area contributed by atoms with Gasteiger partial charge in [0, 0.05) is 11.2 Å². The van der Waals surface area contributed by atoms with E-state index in [1.807, 2.05) is 60.7 Å². The minimum Gasteiger partial charge on any atom is -0.484 e. The van der Waals surface area contributed by atoms with E-state index in [1.54, 1.807) is 18.2 Å². The molecule has 3 aromatic carbocycles. The third-order valence-electron chi connectivity index (χ3n) is 4.18. The molecule has 0 N–H and O–H groups in total. The first-order valence-corrected chi connectivity index (χ1v) is 11.7. The largest absolute Gasteiger partial charge is 0.484 e. The van der Waals surface area contributed by atoms with Gasteiger partial charge in [-0.3, -0.25) is 0 Å². The molecule has 4 rings (SSSR count). The van der Waals surface area contributed by atoms with Gasteiger partial charge in [-0.25, -0.2) is 8.42 Å². The second-order valence-corrected chi connectivity index (χ2v) is 9.11. The van der Waals surface area contributed by atoms with E-state index in [0.717, 1.165) is 10.8 Å². The van der Waals surface area contributed by atoms with Gasteiger partial charge >= 0.3 is 0 Å². The van der Waals surface area contributed by atoms with E-state index < -0.39 is 9.84 Å². The lowest BCUT2D eigenvalue weighted by atomic mass is 10.1. The van der Waals surface area contributed by atoms with Gasteiger partial charge in [0.05, 0.1) is 4.90 Å². The molecule has 0 radical (unpaired) electrons. The predicted octanol–water partition coefficient (Wildman–Crippen LogP) is 4.88. The van der Waals surface area contributed by atoms with Crippen LogP contribution in [0.1, 0.15) is 5.89 Å². The van der Waals surface area contributed by atoms with Crippen LogP contribution in [0.15, 0.2) is 98.8 Å². The number of rotatable bonds is 8. The zero-order chi connectivity index (χ0) is 20.8. The quantitative estimate of drug-likeness (QED) is 0.363. The Hall–Kier alpha value is -3.10. The molecule has 0 atom stereocenters. The Morgan fingerprint density at radius 3 is 2.53 bits per heavy atom. The molecule has 0 aliphatic heterocycles. The molecule has 4 aromatic rings. The fourth-order valence-electron chi connectivity index (χ4n) is 2.72. The van der Waals surface area contributed by atoms with Crippen LogP contribution < -0.4 is 4.74 Å². The molecule has 1 aromatic heterocycles. The van der Waals surface area contributed by atoms with Crippen molar-refractivity contribution in [2.24, 2.45) is 0 Å². The van der Waals surface area contributed by atoms with Crippen LogP contribution in [0.25, 0.3) is 10.8 Å². The minimum atomic E-state index is -3.52. The number of aromatic nitrogens is 2. The van der Waals surface area contributed by atoms with E-state index in [4.69, 9.17) is 9.15 Å². The van der Waals surface area contributed by atoms with Gasteiger partial charge in [0.15, 0.2) is 16.4 Å². The maximum Gasteiger partial charge on any atom is 0.277 e. The highest BCUT2D eigenvalue weighted by atomic mass is 32.2. The van der Waals surface area contributed by atoms with Gasteiger partial charge in [0.1, 0.15) is 5.75 Å². The summed E-state index contributed by atoms with van der Waals surface area (Å²) in [5, 5.41) is 11.3. The van der Waals surface area contributed by atoms with Crippen LogP contribution in [-0.2, 0) is 16.4 Å². The Bertz CT molecular complexity index is 1270. The van der Waals surface area contributed by atoms with Gasteiger partial charge in [-0.1, -0.05) is 66.4 Å². The van der Waals surface area contributed by atoms with Crippen LogP contribution in [-0.4, -0.2) is 24.4 Å². The first-order valence-electron chi connectivity index (χ1n) is 9.14. The smallest absolute Gasteiger partial charge is 0.277 e. The van der Waals surface area contributed by atoms with E-state index in [1.165, 1.54) is 17.2 Å². The molecule has 0 saturated carbocycles. The number of thioether (sulfide) groups is 1. The average Bonchev–Trinajstić information content (AvgIpc) is 3.23. The molecule has 30 heavy (non-hydrogen) atoms. The third kappa shape index (κ3) is 5.08. The van der Waals surface area contributed by atoms with Crippen molar-refractivity contribution in [3.8, 4) is 5.75 Å². The van der Waals surface area contributed by atoms with Crippen LogP contribution >= 0.6 is 11.8 Å². The average molecular weight is 439 g/mol. The zero-order valence-corrected chi connectivity index (χ0v) is 17.5. The SMILES string of the molecule is O=S(=O)(C=CCSc1nnc(COc2ccccc2)o1)c1ccc2ccccc2c1. The molecule has 0 spiro atoms. The minimum absolute atomic E-state index is 0.170. The fraction of sp³-hybridized carbons (Fsp3) is 0.0909. The Labute approximate surface area is 178 Å². The molecule has 8 heteroatoms. The summed E-state index contributed by atoms with van der Waals surface area (Å²) in [6, 6.07) is 22.1. The summed E-state index contributed by atoms with van der Waals surface area (Å²) in [5.41, 5.74) is 0. The second-order valence-electron chi connectivity index (χ2n) is 6.30. The molecule has 0 fully saturated rings. The predicted molar refractivity (Wildman–Crippen MR) is 116 cm³/mol. The second kappa shape index (κ2) is 9.15. The molecule has 0 aliphatic carbocycles. The molecule has 0 unspecified atom stereocenters. The summed E-state index contributed by atoms with van der Waals surface area (Å²) >= 11 is 1.25. The molecule has 0 bridgehead atoms.